The molecule has 0 bridgehead atoms. The van der Waals surface area contributed by atoms with Gasteiger partial charge >= 0.3 is 5.97 Å². The molecule has 2 rings (SSSR count). The number of carboxylic acids is 1. The van der Waals surface area contributed by atoms with Gasteiger partial charge in [0.1, 0.15) is 6.04 Å². The van der Waals surface area contributed by atoms with E-state index in [-0.39, 0.29) is 0 Å². The van der Waals surface area contributed by atoms with Gasteiger partial charge in [-0.2, -0.15) is 0 Å². The third-order valence-electron chi connectivity index (χ3n) is 3.15. The van der Waals surface area contributed by atoms with Crippen LogP contribution in [-0.2, 0) is 24.2 Å². The van der Waals surface area contributed by atoms with Gasteiger partial charge in [-0.15, -0.1) is 0 Å². The number of rotatable bonds is 4. The highest BCUT2D eigenvalue weighted by atomic mass is 16.4. The normalized spacial score (nSPS) is 15.8. The van der Waals surface area contributed by atoms with Gasteiger partial charge < -0.3 is 10.4 Å². The Kier molecular flexibility index (Phi) is 3.25. The molecule has 16 heavy (non-hydrogen) atoms. The zero-order valence-corrected chi connectivity index (χ0v) is 9.49. The fourth-order valence-electron chi connectivity index (χ4n) is 2.09. The van der Waals surface area contributed by atoms with Crippen molar-refractivity contribution in [1.29, 1.82) is 0 Å². The second kappa shape index (κ2) is 4.66. The molecule has 2 N–H and O–H groups in total. The molecule has 3 heteroatoms. The van der Waals surface area contributed by atoms with Gasteiger partial charge in [0.2, 0.25) is 0 Å². The lowest BCUT2D eigenvalue weighted by molar-refractivity contribution is -0.139. The van der Waals surface area contributed by atoms with Crippen LogP contribution >= 0.6 is 0 Å². The van der Waals surface area contributed by atoms with Crippen LogP contribution in [0.25, 0.3) is 0 Å². The number of nitrogens with one attached hydrogen (secondary N) is 1. The third-order valence-corrected chi connectivity index (χ3v) is 3.15. The Balaban J connectivity index is 1.98. The van der Waals surface area contributed by atoms with Gasteiger partial charge in [-0.25, -0.2) is 0 Å². The van der Waals surface area contributed by atoms with Crippen molar-refractivity contribution in [2.75, 3.05) is 0 Å². The van der Waals surface area contributed by atoms with E-state index in [0.717, 1.165) is 6.42 Å². The van der Waals surface area contributed by atoms with Crippen LogP contribution in [0.4, 0.5) is 0 Å². The summed E-state index contributed by atoms with van der Waals surface area (Å²) >= 11 is 0. The number of carboxylic acid groups (broad SMARTS) is 1. The van der Waals surface area contributed by atoms with E-state index in [0.29, 0.717) is 6.54 Å². The molecule has 0 saturated heterocycles. The van der Waals surface area contributed by atoms with Crippen molar-refractivity contribution in [2.24, 2.45) is 0 Å². The molecule has 0 spiro atoms. The van der Waals surface area contributed by atoms with Crippen LogP contribution in [0.2, 0.25) is 0 Å². The summed E-state index contributed by atoms with van der Waals surface area (Å²) in [5.41, 5.74) is 4.06. The van der Waals surface area contributed by atoms with E-state index in [1.807, 2.05) is 0 Å². The molecule has 0 fully saturated rings. The van der Waals surface area contributed by atoms with Crippen LogP contribution in [0.5, 0.6) is 0 Å². The minimum atomic E-state index is -0.804. The van der Waals surface area contributed by atoms with E-state index in [1.165, 1.54) is 29.5 Å². The van der Waals surface area contributed by atoms with Crippen LogP contribution in [0.3, 0.4) is 0 Å². The Morgan fingerprint density at radius 1 is 1.44 bits per heavy atom. The number of fused-ring (bicyclic) bond motifs is 1. The molecule has 0 aromatic heterocycles. The Labute approximate surface area is 95.5 Å². The summed E-state index contributed by atoms with van der Waals surface area (Å²) in [5, 5.41) is 11.7. The number of hydrogen-bond acceptors (Lipinski definition) is 2. The maximum Gasteiger partial charge on any atom is 0.320 e. The smallest absolute Gasteiger partial charge is 0.320 e. The Bertz CT molecular complexity index is 401. The average molecular weight is 219 g/mol. The molecule has 0 amide bonds. The molecule has 0 saturated carbocycles. The number of aliphatic carboxylic acids is 1. The monoisotopic (exact) mass is 219 g/mol. The topological polar surface area (TPSA) is 49.3 Å². The van der Waals surface area contributed by atoms with Crippen LogP contribution in [0.1, 0.15) is 30.0 Å². The highest BCUT2D eigenvalue weighted by Gasteiger charge is 2.12. The Morgan fingerprint density at radius 3 is 2.94 bits per heavy atom. The molecular weight excluding hydrogens is 202 g/mol. The number of hydrogen-bond donors (Lipinski definition) is 2. The van der Waals surface area contributed by atoms with Crippen LogP contribution < -0.4 is 5.32 Å². The molecular formula is C13H17NO2. The van der Waals surface area contributed by atoms with Crippen molar-refractivity contribution in [3.8, 4) is 0 Å². The van der Waals surface area contributed by atoms with Crippen LogP contribution in [0, 0.1) is 0 Å². The van der Waals surface area contributed by atoms with E-state index in [9.17, 15) is 4.79 Å². The predicted molar refractivity (Wildman–Crippen MR) is 62.4 cm³/mol. The molecule has 1 aliphatic carbocycles. The molecule has 0 heterocycles. The lowest BCUT2D eigenvalue weighted by atomic mass is 10.1. The largest absolute Gasteiger partial charge is 0.480 e. The quantitative estimate of drug-likeness (QED) is 0.811. The number of benzene rings is 1. The van der Waals surface area contributed by atoms with Crippen molar-refractivity contribution < 1.29 is 9.90 Å². The molecule has 1 atom stereocenters. The molecule has 0 radical (unpaired) electrons. The predicted octanol–water partition coefficient (Wildman–Crippen LogP) is 1.74. The molecule has 1 aliphatic rings. The first-order chi connectivity index (χ1) is 7.66. The summed E-state index contributed by atoms with van der Waals surface area (Å²) in [7, 11) is 0. The molecule has 3 nitrogen and oxygen atoms in total. The van der Waals surface area contributed by atoms with E-state index >= 15 is 0 Å². The molecule has 86 valence electrons. The van der Waals surface area contributed by atoms with E-state index in [4.69, 9.17) is 5.11 Å². The molecule has 0 aliphatic heterocycles. The lowest BCUT2D eigenvalue weighted by Crippen LogP contribution is -2.33. The van der Waals surface area contributed by atoms with Crippen molar-refractivity contribution in [3.63, 3.8) is 0 Å². The van der Waals surface area contributed by atoms with Crippen LogP contribution in [-0.4, -0.2) is 17.1 Å². The molecule has 1 unspecified atom stereocenters. The van der Waals surface area contributed by atoms with Crippen molar-refractivity contribution in [2.45, 2.75) is 38.8 Å². The van der Waals surface area contributed by atoms with Crippen molar-refractivity contribution in [3.05, 3.63) is 34.9 Å². The summed E-state index contributed by atoms with van der Waals surface area (Å²) in [5.74, 6) is -0.804. The first kappa shape index (κ1) is 11.1. The van der Waals surface area contributed by atoms with Gasteiger partial charge in [-0.1, -0.05) is 18.2 Å². The lowest BCUT2D eigenvalue weighted by Gasteiger charge is -2.10. The zero-order chi connectivity index (χ0) is 11.5. The summed E-state index contributed by atoms with van der Waals surface area (Å²) < 4.78 is 0. The maximum absolute atomic E-state index is 10.6. The number of aryl methyl sites for hydroxylation is 2. The first-order valence-electron chi connectivity index (χ1n) is 5.73. The highest BCUT2D eigenvalue weighted by Crippen LogP contribution is 2.22. The summed E-state index contributed by atoms with van der Waals surface area (Å²) in [6.45, 7) is 2.29. The fourth-order valence-corrected chi connectivity index (χ4v) is 2.09. The van der Waals surface area contributed by atoms with Crippen molar-refractivity contribution >= 4 is 5.97 Å². The van der Waals surface area contributed by atoms with E-state index in [2.05, 4.69) is 23.5 Å². The van der Waals surface area contributed by atoms with Gasteiger partial charge in [-0.3, -0.25) is 4.79 Å². The molecule has 1 aromatic rings. The summed E-state index contributed by atoms with van der Waals surface area (Å²) in [4.78, 5) is 10.6. The van der Waals surface area contributed by atoms with Crippen molar-refractivity contribution in [1.82, 2.24) is 5.32 Å². The van der Waals surface area contributed by atoms with Gasteiger partial charge in [0.25, 0.3) is 0 Å². The van der Waals surface area contributed by atoms with Crippen LogP contribution in [0.15, 0.2) is 18.2 Å². The van der Waals surface area contributed by atoms with Gasteiger partial charge in [0.15, 0.2) is 0 Å². The first-order valence-corrected chi connectivity index (χ1v) is 5.73. The van der Waals surface area contributed by atoms with Gasteiger partial charge in [-0.05, 0) is 42.9 Å². The summed E-state index contributed by atoms with van der Waals surface area (Å²) in [6, 6.07) is 5.97. The fraction of sp³-hybridized carbons (Fsp3) is 0.462. The third kappa shape index (κ3) is 2.42. The minimum Gasteiger partial charge on any atom is -0.480 e. The highest BCUT2D eigenvalue weighted by molar-refractivity contribution is 5.72. The molecule has 1 aromatic carbocycles. The average Bonchev–Trinajstić information content (AvgIpc) is 2.72. The van der Waals surface area contributed by atoms with E-state index in [1.54, 1.807) is 6.92 Å². The number of carbonyl (C=O) groups is 1. The maximum atomic E-state index is 10.6. The Morgan fingerprint density at radius 2 is 2.19 bits per heavy atom. The second-order valence-electron chi connectivity index (χ2n) is 4.40. The Hall–Kier alpha value is -1.35. The second-order valence-corrected chi connectivity index (χ2v) is 4.40. The summed E-state index contributed by atoms with van der Waals surface area (Å²) in [6.07, 6.45) is 3.60. The zero-order valence-electron chi connectivity index (χ0n) is 9.49. The standard InChI is InChI=1S/C13H17NO2/c1-9(13(15)16)14-8-10-5-6-11-3-2-4-12(11)7-10/h5-7,9,14H,2-4,8H2,1H3,(H,15,16). The van der Waals surface area contributed by atoms with Gasteiger partial charge in [0, 0.05) is 6.54 Å². The minimum absolute atomic E-state index is 0.492. The van der Waals surface area contributed by atoms with E-state index < -0.39 is 12.0 Å². The SMILES string of the molecule is CC(NCc1ccc2c(c1)CCC2)C(=O)O. The van der Waals surface area contributed by atoms with Gasteiger partial charge in [0.05, 0.1) is 0 Å².